The topological polar surface area (TPSA) is 59.2 Å². The second kappa shape index (κ2) is 5.67. The number of carbonyl (C=O) groups excluding carboxylic acids is 1. The number of aromatic nitrogens is 1. The molecule has 0 spiro atoms. The number of amides is 1. The molecule has 1 aromatic heterocycles. The average Bonchev–Trinajstić information content (AvgIpc) is 3.05. The smallest absolute Gasteiger partial charge is 0.274 e. The zero-order chi connectivity index (χ0) is 17.0. The van der Waals surface area contributed by atoms with Gasteiger partial charge in [0.2, 0.25) is 0 Å². The summed E-state index contributed by atoms with van der Waals surface area (Å²) in [5.74, 6) is 1.33. The van der Waals surface area contributed by atoms with Crippen LogP contribution in [0.25, 0.3) is 10.4 Å². The van der Waals surface area contributed by atoms with Crippen LogP contribution in [0.3, 0.4) is 0 Å². The third-order valence-corrected chi connectivity index (χ3v) is 6.37. The van der Waals surface area contributed by atoms with E-state index in [9.17, 15) is 4.79 Å². The fourth-order valence-corrected chi connectivity index (χ4v) is 5.07. The molecule has 4 nitrogen and oxygen atoms in total. The number of piperidine rings is 1. The lowest BCUT2D eigenvalue weighted by molar-refractivity contribution is 0.0708. The van der Waals surface area contributed by atoms with E-state index in [1.54, 1.807) is 11.3 Å². The average molecular weight is 341 g/mol. The van der Waals surface area contributed by atoms with E-state index in [-0.39, 0.29) is 11.9 Å². The Morgan fingerprint density at radius 2 is 2.17 bits per heavy atom. The zero-order valence-electron chi connectivity index (χ0n) is 14.4. The predicted molar refractivity (Wildman–Crippen MR) is 97.2 cm³/mol. The van der Waals surface area contributed by atoms with Gasteiger partial charge in [-0.25, -0.2) is 4.98 Å². The summed E-state index contributed by atoms with van der Waals surface area (Å²) in [7, 11) is 0. The van der Waals surface area contributed by atoms with Crippen molar-refractivity contribution in [3.05, 3.63) is 40.0 Å². The van der Waals surface area contributed by atoms with Crippen molar-refractivity contribution in [2.45, 2.75) is 33.2 Å². The summed E-state index contributed by atoms with van der Waals surface area (Å²) in [5, 5.41) is 0.932. The number of hydrogen-bond donors (Lipinski definition) is 1. The van der Waals surface area contributed by atoms with Gasteiger partial charge in [-0.15, -0.1) is 11.3 Å². The molecule has 0 bridgehead atoms. The van der Waals surface area contributed by atoms with E-state index in [1.807, 2.05) is 11.8 Å². The van der Waals surface area contributed by atoms with E-state index >= 15 is 0 Å². The Hall–Kier alpha value is -1.72. The first-order valence-corrected chi connectivity index (χ1v) is 9.37. The van der Waals surface area contributed by atoms with Gasteiger partial charge in [0.15, 0.2) is 0 Å². The number of nitrogens with zero attached hydrogens (tertiary/aromatic N) is 2. The van der Waals surface area contributed by atoms with Crippen molar-refractivity contribution in [1.82, 2.24) is 9.88 Å². The molecule has 1 aliphatic carbocycles. The van der Waals surface area contributed by atoms with Crippen LogP contribution in [0.15, 0.2) is 18.2 Å². The largest absolute Gasteiger partial charge is 0.332 e. The van der Waals surface area contributed by atoms with Crippen LogP contribution in [0.4, 0.5) is 0 Å². The fraction of sp³-hybridized carbons (Fsp3) is 0.474. The van der Waals surface area contributed by atoms with Gasteiger partial charge in [-0.2, -0.15) is 0 Å². The first-order chi connectivity index (χ1) is 11.5. The van der Waals surface area contributed by atoms with Crippen LogP contribution < -0.4 is 5.73 Å². The molecule has 1 saturated heterocycles. The Kier molecular flexibility index (Phi) is 3.73. The summed E-state index contributed by atoms with van der Waals surface area (Å²) in [6.45, 7) is 7.54. The highest BCUT2D eigenvalue weighted by Crippen LogP contribution is 2.49. The van der Waals surface area contributed by atoms with Gasteiger partial charge >= 0.3 is 0 Å². The summed E-state index contributed by atoms with van der Waals surface area (Å²) < 4.78 is 0. The number of aryl methyl sites for hydroxylation is 3. The number of likely N-dealkylation sites (tertiary alicyclic amines) is 1. The van der Waals surface area contributed by atoms with Crippen molar-refractivity contribution in [3.63, 3.8) is 0 Å². The van der Waals surface area contributed by atoms with Crippen molar-refractivity contribution in [2.24, 2.45) is 17.6 Å². The van der Waals surface area contributed by atoms with Crippen LogP contribution in [0.5, 0.6) is 0 Å². The molecule has 1 amide bonds. The number of rotatable bonds is 3. The van der Waals surface area contributed by atoms with Crippen molar-refractivity contribution < 1.29 is 4.79 Å². The Balaban J connectivity index is 1.72. The molecule has 3 atom stereocenters. The Labute approximate surface area is 146 Å². The third kappa shape index (κ3) is 2.47. The van der Waals surface area contributed by atoms with Gasteiger partial charge in [0.25, 0.3) is 5.91 Å². The lowest BCUT2D eigenvalue weighted by Gasteiger charge is -2.26. The van der Waals surface area contributed by atoms with Crippen LogP contribution in [0.1, 0.15) is 33.0 Å². The van der Waals surface area contributed by atoms with Gasteiger partial charge in [-0.05, 0) is 50.2 Å². The monoisotopic (exact) mass is 341 g/mol. The lowest BCUT2D eigenvalue weighted by Crippen LogP contribution is -2.43. The molecular weight excluding hydrogens is 318 g/mol. The molecule has 126 valence electrons. The van der Waals surface area contributed by atoms with Gasteiger partial charge in [0, 0.05) is 19.1 Å². The maximum atomic E-state index is 13.2. The molecule has 24 heavy (non-hydrogen) atoms. The van der Waals surface area contributed by atoms with Crippen molar-refractivity contribution in [1.29, 1.82) is 0 Å². The standard InChI is InChI=1S/C19H23N3OS/c1-10-4-5-14(11(2)6-10)18-17(21-12(3)24-18)19(23)22-9-13-7-15(13)16(22)8-20/h4-6,13,15-16H,7-9,20H2,1-3H3/t13-,15-,16+/m0/s1. The van der Waals surface area contributed by atoms with Gasteiger partial charge in [0.05, 0.1) is 9.88 Å². The minimum absolute atomic E-state index is 0.0528. The highest BCUT2D eigenvalue weighted by Gasteiger charge is 2.53. The summed E-state index contributed by atoms with van der Waals surface area (Å²) in [4.78, 5) is 20.7. The van der Waals surface area contributed by atoms with Crippen LogP contribution in [-0.4, -0.2) is 34.9 Å². The number of thiazole rings is 1. The molecule has 5 heteroatoms. The van der Waals surface area contributed by atoms with E-state index < -0.39 is 0 Å². The molecule has 2 N–H and O–H groups in total. The number of benzene rings is 1. The highest BCUT2D eigenvalue weighted by atomic mass is 32.1. The molecule has 0 radical (unpaired) electrons. The van der Waals surface area contributed by atoms with Gasteiger partial charge in [-0.3, -0.25) is 4.79 Å². The van der Waals surface area contributed by atoms with E-state index in [1.165, 1.54) is 17.5 Å². The van der Waals surface area contributed by atoms with Crippen LogP contribution in [0.2, 0.25) is 0 Å². The van der Waals surface area contributed by atoms with Crippen molar-refractivity contribution in [2.75, 3.05) is 13.1 Å². The van der Waals surface area contributed by atoms with Gasteiger partial charge in [-0.1, -0.05) is 23.8 Å². The Morgan fingerprint density at radius 3 is 2.88 bits per heavy atom. The fourth-order valence-electron chi connectivity index (χ4n) is 4.07. The quantitative estimate of drug-likeness (QED) is 0.933. The zero-order valence-corrected chi connectivity index (χ0v) is 15.2. The summed E-state index contributed by atoms with van der Waals surface area (Å²) in [5.41, 5.74) is 10.1. The lowest BCUT2D eigenvalue weighted by atomic mass is 10.0. The number of hydrogen-bond acceptors (Lipinski definition) is 4. The first-order valence-electron chi connectivity index (χ1n) is 8.55. The second-order valence-corrected chi connectivity index (χ2v) is 8.35. The number of fused-ring (bicyclic) bond motifs is 1. The normalized spacial score (nSPS) is 25.0. The molecule has 2 aliphatic rings. The molecule has 0 unspecified atom stereocenters. The maximum absolute atomic E-state index is 13.2. The number of nitrogens with two attached hydrogens (primary N) is 1. The molecular formula is C19H23N3OS. The minimum Gasteiger partial charge on any atom is -0.332 e. The Morgan fingerprint density at radius 1 is 1.38 bits per heavy atom. The highest BCUT2D eigenvalue weighted by molar-refractivity contribution is 7.15. The van der Waals surface area contributed by atoms with E-state index in [0.29, 0.717) is 24.1 Å². The van der Waals surface area contributed by atoms with Crippen LogP contribution in [-0.2, 0) is 0 Å². The van der Waals surface area contributed by atoms with Gasteiger partial charge in [0.1, 0.15) is 5.69 Å². The van der Waals surface area contributed by atoms with Crippen LogP contribution >= 0.6 is 11.3 Å². The van der Waals surface area contributed by atoms with E-state index in [0.717, 1.165) is 22.0 Å². The summed E-state index contributed by atoms with van der Waals surface area (Å²) in [6, 6.07) is 6.55. The van der Waals surface area contributed by atoms with E-state index in [2.05, 4.69) is 37.0 Å². The molecule has 2 fully saturated rings. The predicted octanol–water partition coefficient (Wildman–Crippen LogP) is 3.15. The molecule has 2 heterocycles. The molecule has 1 aliphatic heterocycles. The minimum atomic E-state index is 0.0528. The first kappa shape index (κ1) is 15.8. The molecule has 1 aromatic carbocycles. The summed E-state index contributed by atoms with van der Waals surface area (Å²) >= 11 is 1.61. The maximum Gasteiger partial charge on any atom is 0.274 e. The van der Waals surface area contributed by atoms with E-state index in [4.69, 9.17) is 5.73 Å². The molecule has 2 aromatic rings. The summed E-state index contributed by atoms with van der Waals surface area (Å²) in [6.07, 6.45) is 1.23. The number of carbonyl (C=O) groups is 1. The SMILES string of the molecule is Cc1ccc(-c2sc(C)nc2C(=O)N2C[C@@H]3C[C@@H]3[C@H]2CN)c(C)c1. The Bertz CT molecular complexity index is 813. The molecule has 4 rings (SSSR count). The van der Waals surface area contributed by atoms with Crippen molar-refractivity contribution >= 4 is 17.2 Å². The molecule has 1 saturated carbocycles. The van der Waals surface area contributed by atoms with Crippen LogP contribution in [0, 0.1) is 32.6 Å². The third-order valence-electron chi connectivity index (χ3n) is 5.37. The van der Waals surface area contributed by atoms with Crippen molar-refractivity contribution in [3.8, 4) is 10.4 Å². The second-order valence-electron chi connectivity index (χ2n) is 7.15. The van der Waals surface area contributed by atoms with Gasteiger partial charge < -0.3 is 10.6 Å².